The lowest BCUT2D eigenvalue weighted by atomic mass is 9.90. The molecule has 0 unspecified atom stereocenters. The van der Waals surface area contributed by atoms with Crippen molar-refractivity contribution in [3.8, 4) is 0 Å². The van der Waals surface area contributed by atoms with Gasteiger partial charge < -0.3 is 25.8 Å². The average Bonchev–Trinajstić information content (AvgIpc) is 2.60. The highest BCUT2D eigenvalue weighted by Gasteiger charge is 2.25. The van der Waals surface area contributed by atoms with E-state index in [1.807, 2.05) is 13.8 Å². The first-order valence-corrected chi connectivity index (χ1v) is 11.1. The number of ether oxygens (including phenoxy) is 1. The van der Waals surface area contributed by atoms with Crippen molar-refractivity contribution in [2.45, 2.75) is 66.1 Å². The lowest BCUT2D eigenvalue weighted by molar-refractivity contribution is -0.192. The molecule has 0 aromatic rings. The van der Waals surface area contributed by atoms with E-state index in [9.17, 15) is 24.3 Å². The molecular formula is C20H37N3O6S. The highest BCUT2D eigenvalue weighted by Crippen LogP contribution is 2.22. The molecule has 0 spiro atoms. The van der Waals surface area contributed by atoms with Gasteiger partial charge in [-0.2, -0.15) is 0 Å². The van der Waals surface area contributed by atoms with Crippen molar-refractivity contribution < 1.29 is 29.0 Å². The summed E-state index contributed by atoms with van der Waals surface area (Å²) in [5.41, 5.74) is -0.446. The van der Waals surface area contributed by atoms with Crippen LogP contribution >= 0.6 is 11.8 Å². The fraction of sp³-hybridized carbons (Fsp3) is 0.800. The van der Waals surface area contributed by atoms with E-state index in [2.05, 4.69) is 16.0 Å². The molecule has 0 aliphatic carbocycles. The predicted octanol–water partition coefficient (Wildman–Crippen LogP) is 0.946. The Hall–Kier alpha value is -1.65. The second-order valence-electron chi connectivity index (χ2n) is 8.33. The summed E-state index contributed by atoms with van der Waals surface area (Å²) in [6, 6.07) is 0. The third-order valence-electron chi connectivity index (χ3n) is 3.75. The molecule has 0 bridgehead atoms. The molecule has 0 aromatic carbocycles. The van der Waals surface area contributed by atoms with Crippen molar-refractivity contribution in [2.24, 2.45) is 5.41 Å². The summed E-state index contributed by atoms with van der Waals surface area (Å²) in [6.45, 7) is 9.53. The number of carbonyl (C=O) groups is 4. The lowest BCUT2D eigenvalue weighted by Gasteiger charge is -2.28. The van der Waals surface area contributed by atoms with Crippen LogP contribution in [0.2, 0.25) is 0 Å². The molecule has 30 heavy (non-hydrogen) atoms. The van der Waals surface area contributed by atoms with Crippen molar-refractivity contribution in [3.63, 3.8) is 0 Å². The zero-order valence-corrected chi connectivity index (χ0v) is 19.6. The number of aliphatic hydroxyl groups is 1. The van der Waals surface area contributed by atoms with Gasteiger partial charge in [-0.3, -0.25) is 19.2 Å². The fourth-order valence-corrected chi connectivity index (χ4v) is 2.97. The molecular weight excluding hydrogens is 410 g/mol. The first-order valence-electron chi connectivity index (χ1n) is 10.1. The molecule has 10 heteroatoms. The van der Waals surface area contributed by atoms with Crippen LogP contribution in [0.1, 0.15) is 60.3 Å². The fourth-order valence-electron chi connectivity index (χ4n) is 2.25. The molecule has 0 aliphatic heterocycles. The van der Waals surface area contributed by atoms with Crippen LogP contribution in [0.25, 0.3) is 0 Å². The highest BCUT2D eigenvalue weighted by atomic mass is 32.2. The van der Waals surface area contributed by atoms with E-state index in [4.69, 9.17) is 4.74 Å². The molecule has 3 amide bonds. The number of rotatable bonds is 15. The zero-order chi connectivity index (χ0) is 23.2. The Morgan fingerprint density at radius 1 is 0.900 bits per heavy atom. The van der Waals surface area contributed by atoms with Crippen LogP contribution in [0, 0.1) is 5.41 Å². The maximum atomic E-state index is 12.0. The van der Waals surface area contributed by atoms with Crippen molar-refractivity contribution in [1.82, 2.24) is 16.0 Å². The second kappa shape index (κ2) is 14.4. The van der Waals surface area contributed by atoms with Crippen LogP contribution in [0.5, 0.6) is 0 Å². The Kier molecular flexibility index (Phi) is 13.6. The third kappa shape index (κ3) is 18.4. The lowest BCUT2D eigenvalue weighted by Crippen LogP contribution is -2.36. The predicted molar refractivity (Wildman–Crippen MR) is 117 cm³/mol. The molecule has 0 aliphatic rings. The number of nitrogens with one attached hydrogen (secondary N) is 3. The van der Waals surface area contributed by atoms with E-state index in [1.54, 1.807) is 0 Å². The smallest absolute Gasteiger partial charge is 0.221 e. The summed E-state index contributed by atoms with van der Waals surface area (Å²) in [6.07, 6.45) is 1.34. The molecule has 0 fully saturated rings. The standard InChI is InChI=1S/C20H37N3O6S/c1-15(24)21-9-6-7-18(27)30-12-11-23-16(25)8-10-22-17(26)13-19(2,3)14-29-20(4,5)28/h28H,6-14H2,1-5H3,(H,21,24)(H,22,26)(H,23,25). The van der Waals surface area contributed by atoms with Crippen molar-refractivity contribution in [2.75, 3.05) is 32.0 Å². The average molecular weight is 448 g/mol. The van der Waals surface area contributed by atoms with E-state index in [0.717, 1.165) is 11.8 Å². The minimum atomic E-state index is -1.25. The second-order valence-corrected chi connectivity index (χ2v) is 9.49. The Balaban J connectivity index is 3.81. The van der Waals surface area contributed by atoms with E-state index < -0.39 is 11.2 Å². The quantitative estimate of drug-likeness (QED) is 0.217. The first-order chi connectivity index (χ1) is 13.8. The van der Waals surface area contributed by atoms with Crippen LogP contribution in [-0.2, 0) is 23.9 Å². The topological polar surface area (TPSA) is 134 Å². The van der Waals surface area contributed by atoms with Crippen LogP contribution in [0.3, 0.4) is 0 Å². The summed E-state index contributed by atoms with van der Waals surface area (Å²) in [5.74, 6) is -1.27. The van der Waals surface area contributed by atoms with E-state index in [-0.39, 0.29) is 48.8 Å². The van der Waals surface area contributed by atoms with Gasteiger partial charge in [0.1, 0.15) is 0 Å². The summed E-state index contributed by atoms with van der Waals surface area (Å²) in [7, 11) is 0. The molecule has 0 saturated carbocycles. The van der Waals surface area contributed by atoms with Gasteiger partial charge in [0.05, 0.1) is 6.61 Å². The van der Waals surface area contributed by atoms with Crippen molar-refractivity contribution >= 4 is 34.6 Å². The van der Waals surface area contributed by atoms with E-state index >= 15 is 0 Å². The number of thioether (sulfide) groups is 1. The zero-order valence-electron chi connectivity index (χ0n) is 18.8. The largest absolute Gasteiger partial charge is 0.366 e. The van der Waals surface area contributed by atoms with Crippen LogP contribution < -0.4 is 16.0 Å². The molecule has 174 valence electrons. The Bertz CT molecular complexity index is 575. The maximum Gasteiger partial charge on any atom is 0.221 e. The van der Waals surface area contributed by atoms with Gasteiger partial charge >= 0.3 is 0 Å². The van der Waals surface area contributed by atoms with Crippen LogP contribution in [-0.4, -0.2) is 65.7 Å². The summed E-state index contributed by atoms with van der Waals surface area (Å²) in [4.78, 5) is 46.2. The minimum Gasteiger partial charge on any atom is -0.366 e. The van der Waals surface area contributed by atoms with Gasteiger partial charge in [-0.1, -0.05) is 25.6 Å². The van der Waals surface area contributed by atoms with Gasteiger partial charge in [-0.05, 0) is 25.7 Å². The molecule has 9 nitrogen and oxygen atoms in total. The van der Waals surface area contributed by atoms with Crippen LogP contribution in [0.4, 0.5) is 0 Å². The summed E-state index contributed by atoms with van der Waals surface area (Å²) < 4.78 is 5.32. The van der Waals surface area contributed by atoms with E-state index in [1.165, 1.54) is 20.8 Å². The van der Waals surface area contributed by atoms with Crippen molar-refractivity contribution in [3.05, 3.63) is 0 Å². The summed E-state index contributed by atoms with van der Waals surface area (Å²) in [5, 5.41) is 17.7. The molecule has 0 heterocycles. The SMILES string of the molecule is CC(=O)NCCCC(=O)SCCNC(=O)CCNC(=O)CC(C)(C)COC(C)(C)O. The third-order valence-corrected chi connectivity index (χ3v) is 4.68. The summed E-state index contributed by atoms with van der Waals surface area (Å²) >= 11 is 1.15. The minimum absolute atomic E-state index is 0.0260. The number of amides is 3. The molecule has 0 saturated heterocycles. The van der Waals surface area contributed by atoms with Gasteiger partial charge in [0.2, 0.25) is 17.7 Å². The number of carbonyl (C=O) groups excluding carboxylic acids is 4. The van der Waals surface area contributed by atoms with Gasteiger partial charge in [0.15, 0.2) is 10.9 Å². The Labute approximate surface area is 183 Å². The van der Waals surface area contributed by atoms with Gasteiger partial charge in [-0.15, -0.1) is 0 Å². The molecule has 0 rings (SSSR count). The number of hydrogen-bond acceptors (Lipinski definition) is 7. The van der Waals surface area contributed by atoms with Crippen molar-refractivity contribution in [1.29, 1.82) is 0 Å². The maximum absolute atomic E-state index is 12.0. The molecule has 0 radical (unpaired) electrons. The first kappa shape index (κ1) is 28.4. The normalized spacial score (nSPS) is 11.7. The monoisotopic (exact) mass is 447 g/mol. The molecule has 0 aromatic heterocycles. The molecule has 4 N–H and O–H groups in total. The number of hydrogen-bond donors (Lipinski definition) is 4. The van der Waals surface area contributed by atoms with Gasteiger partial charge in [0.25, 0.3) is 0 Å². The van der Waals surface area contributed by atoms with Gasteiger partial charge in [-0.25, -0.2) is 0 Å². The Morgan fingerprint density at radius 2 is 1.53 bits per heavy atom. The Morgan fingerprint density at radius 3 is 2.13 bits per heavy atom. The van der Waals surface area contributed by atoms with Gasteiger partial charge in [0, 0.05) is 51.6 Å². The van der Waals surface area contributed by atoms with Crippen LogP contribution in [0.15, 0.2) is 0 Å². The van der Waals surface area contributed by atoms with E-state index in [0.29, 0.717) is 31.7 Å². The highest BCUT2D eigenvalue weighted by molar-refractivity contribution is 8.13. The molecule has 0 atom stereocenters.